The molecular formula is C19H27N3O4. The minimum absolute atomic E-state index is 0.0119. The van der Waals surface area contributed by atoms with E-state index in [1.165, 1.54) is 5.56 Å². The Labute approximate surface area is 153 Å². The lowest BCUT2D eigenvalue weighted by Gasteiger charge is -2.32. The van der Waals surface area contributed by atoms with Gasteiger partial charge in [-0.2, -0.15) is 0 Å². The molecule has 26 heavy (non-hydrogen) atoms. The van der Waals surface area contributed by atoms with E-state index in [9.17, 15) is 19.5 Å². The molecule has 0 bridgehead atoms. The predicted octanol–water partition coefficient (Wildman–Crippen LogP) is 0.437. The molecule has 1 aromatic rings. The number of aliphatic hydroxyl groups excluding tert-OH is 1. The highest BCUT2D eigenvalue weighted by Gasteiger charge is 2.25. The maximum atomic E-state index is 12.3. The van der Waals surface area contributed by atoms with Gasteiger partial charge in [0.2, 0.25) is 11.7 Å². The van der Waals surface area contributed by atoms with Crippen LogP contribution in [-0.2, 0) is 20.9 Å². The summed E-state index contributed by atoms with van der Waals surface area (Å²) in [6.07, 6.45) is 1.05. The highest BCUT2D eigenvalue weighted by molar-refractivity contribution is 6.37. The lowest BCUT2D eigenvalue weighted by Crippen LogP contribution is -2.38. The fraction of sp³-hybridized carbons (Fsp3) is 0.526. The third-order valence-corrected chi connectivity index (χ3v) is 4.92. The number of piperidine rings is 1. The topological polar surface area (TPSA) is 127 Å². The van der Waals surface area contributed by atoms with Gasteiger partial charge in [0, 0.05) is 26.1 Å². The molecule has 0 radical (unpaired) electrons. The van der Waals surface area contributed by atoms with Crippen molar-refractivity contribution in [3.63, 3.8) is 0 Å². The van der Waals surface area contributed by atoms with Crippen LogP contribution < -0.4 is 11.5 Å². The van der Waals surface area contributed by atoms with E-state index < -0.39 is 17.8 Å². The van der Waals surface area contributed by atoms with Crippen molar-refractivity contribution >= 4 is 17.6 Å². The number of carbonyl (C=O) groups is 3. The molecule has 0 spiro atoms. The van der Waals surface area contributed by atoms with Gasteiger partial charge in [0.05, 0.1) is 0 Å². The van der Waals surface area contributed by atoms with Gasteiger partial charge >= 0.3 is 0 Å². The summed E-state index contributed by atoms with van der Waals surface area (Å²) in [5, 5.41) is 9.53. The van der Waals surface area contributed by atoms with Crippen molar-refractivity contribution in [2.24, 2.45) is 11.5 Å². The van der Waals surface area contributed by atoms with E-state index in [-0.39, 0.29) is 18.7 Å². The zero-order valence-electron chi connectivity index (χ0n) is 14.9. The molecule has 1 heterocycles. The summed E-state index contributed by atoms with van der Waals surface area (Å²) in [7, 11) is 0. The number of benzene rings is 1. The van der Waals surface area contributed by atoms with Crippen molar-refractivity contribution < 1.29 is 19.5 Å². The third kappa shape index (κ3) is 5.37. The lowest BCUT2D eigenvalue weighted by molar-refractivity contribution is -0.141. The number of hydrogen-bond donors (Lipinski definition) is 3. The van der Waals surface area contributed by atoms with E-state index in [0.717, 1.165) is 18.4 Å². The fourth-order valence-corrected chi connectivity index (χ4v) is 3.34. The summed E-state index contributed by atoms with van der Waals surface area (Å²) in [5.74, 6) is -1.71. The molecule has 1 aliphatic heterocycles. The molecule has 142 valence electrons. The van der Waals surface area contributed by atoms with Gasteiger partial charge in [-0.25, -0.2) is 0 Å². The minimum Gasteiger partial charge on any atom is -0.385 e. The number of aliphatic hydroxyl groups is 1. The number of nitrogens with zero attached hydrogens (tertiary/aromatic N) is 1. The van der Waals surface area contributed by atoms with Crippen LogP contribution in [0.1, 0.15) is 49.1 Å². The van der Waals surface area contributed by atoms with E-state index in [2.05, 4.69) is 12.1 Å². The predicted molar refractivity (Wildman–Crippen MR) is 96.9 cm³/mol. The van der Waals surface area contributed by atoms with Crippen LogP contribution in [0.3, 0.4) is 0 Å². The van der Waals surface area contributed by atoms with Gasteiger partial charge in [-0.15, -0.1) is 0 Å². The number of ketones is 1. The summed E-state index contributed by atoms with van der Waals surface area (Å²) < 4.78 is 0. The van der Waals surface area contributed by atoms with E-state index >= 15 is 0 Å². The lowest BCUT2D eigenvalue weighted by atomic mass is 9.88. The molecule has 0 aliphatic carbocycles. The van der Waals surface area contributed by atoms with Crippen molar-refractivity contribution in [1.82, 2.24) is 4.90 Å². The van der Waals surface area contributed by atoms with Crippen molar-refractivity contribution in [2.45, 2.75) is 50.7 Å². The summed E-state index contributed by atoms with van der Waals surface area (Å²) in [6.45, 7) is 1.91. The van der Waals surface area contributed by atoms with Gasteiger partial charge in [0.15, 0.2) is 0 Å². The first-order valence-electron chi connectivity index (χ1n) is 9.00. The van der Waals surface area contributed by atoms with E-state index in [0.29, 0.717) is 32.0 Å². The number of carbonyl (C=O) groups excluding carboxylic acids is 3. The van der Waals surface area contributed by atoms with Gasteiger partial charge in [-0.3, -0.25) is 14.4 Å². The third-order valence-electron chi connectivity index (χ3n) is 4.92. The van der Waals surface area contributed by atoms with Crippen LogP contribution in [0.2, 0.25) is 0 Å². The quantitative estimate of drug-likeness (QED) is 0.579. The Bertz CT molecular complexity index is 654. The maximum absolute atomic E-state index is 12.3. The Morgan fingerprint density at radius 1 is 1.23 bits per heavy atom. The molecule has 1 unspecified atom stereocenters. The van der Waals surface area contributed by atoms with Crippen molar-refractivity contribution in [3.05, 3.63) is 35.4 Å². The van der Waals surface area contributed by atoms with Crippen LogP contribution in [0.4, 0.5) is 0 Å². The molecule has 0 aromatic heterocycles. The molecule has 1 fully saturated rings. The first kappa shape index (κ1) is 20.1. The first-order valence-corrected chi connectivity index (χ1v) is 9.00. The SMILES string of the molecule is NCc1cccc(C2CCN(C(=O)CCCC(O)C(=O)C(N)=O)CC2)c1. The van der Waals surface area contributed by atoms with Crippen molar-refractivity contribution in [1.29, 1.82) is 0 Å². The maximum Gasteiger partial charge on any atom is 0.287 e. The first-order chi connectivity index (χ1) is 12.4. The van der Waals surface area contributed by atoms with Gasteiger partial charge in [-0.05, 0) is 42.7 Å². The number of likely N-dealkylation sites (tertiary alicyclic amines) is 1. The van der Waals surface area contributed by atoms with Crippen LogP contribution in [0.15, 0.2) is 24.3 Å². The smallest absolute Gasteiger partial charge is 0.287 e. The second kappa shape index (κ2) is 9.45. The molecule has 5 N–H and O–H groups in total. The molecule has 1 saturated heterocycles. The molecule has 7 nitrogen and oxygen atoms in total. The summed E-state index contributed by atoms with van der Waals surface area (Å²) in [5.41, 5.74) is 12.9. The summed E-state index contributed by atoms with van der Waals surface area (Å²) >= 11 is 0. The van der Waals surface area contributed by atoms with Crippen LogP contribution >= 0.6 is 0 Å². The number of primary amides is 1. The monoisotopic (exact) mass is 361 g/mol. The van der Waals surface area contributed by atoms with Gasteiger partial charge in [0.25, 0.3) is 5.91 Å². The second-order valence-electron chi connectivity index (χ2n) is 6.74. The number of hydrogen-bond acceptors (Lipinski definition) is 5. The largest absolute Gasteiger partial charge is 0.385 e. The standard InChI is InChI=1S/C19H27N3O4/c20-12-13-3-1-4-15(11-13)14-7-9-22(10-8-14)17(24)6-2-5-16(23)18(25)19(21)26/h1,3-4,11,14,16,23H,2,5-10,12,20H2,(H2,21,26). The summed E-state index contributed by atoms with van der Waals surface area (Å²) in [6, 6.07) is 8.28. The Balaban J connectivity index is 1.76. The van der Waals surface area contributed by atoms with Crippen LogP contribution in [0.5, 0.6) is 0 Å². The molecule has 1 aromatic carbocycles. The number of nitrogens with two attached hydrogens (primary N) is 2. The van der Waals surface area contributed by atoms with Crippen molar-refractivity contribution in [2.75, 3.05) is 13.1 Å². The normalized spacial score (nSPS) is 16.3. The molecule has 2 amide bonds. The Kier molecular flexibility index (Phi) is 7.29. The Morgan fingerprint density at radius 2 is 1.92 bits per heavy atom. The van der Waals surface area contributed by atoms with E-state index in [1.54, 1.807) is 0 Å². The molecule has 2 rings (SSSR count). The molecular weight excluding hydrogens is 334 g/mol. The highest BCUT2D eigenvalue weighted by Crippen LogP contribution is 2.28. The van der Waals surface area contributed by atoms with E-state index in [4.69, 9.17) is 11.5 Å². The average Bonchev–Trinajstić information content (AvgIpc) is 2.67. The van der Waals surface area contributed by atoms with Gasteiger partial charge in [-0.1, -0.05) is 24.3 Å². The fourth-order valence-electron chi connectivity index (χ4n) is 3.34. The number of Topliss-reactive ketones (excluding diaryl/α,β-unsaturated/α-hetero) is 1. The van der Waals surface area contributed by atoms with E-state index in [1.807, 2.05) is 17.0 Å². The minimum atomic E-state index is -1.42. The van der Waals surface area contributed by atoms with Crippen LogP contribution in [0, 0.1) is 0 Å². The van der Waals surface area contributed by atoms with Gasteiger partial charge in [0.1, 0.15) is 6.10 Å². The van der Waals surface area contributed by atoms with Crippen molar-refractivity contribution in [3.8, 4) is 0 Å². The van der Waals surface area contributed by atoms with Crippen LogP contribution in [-0.4, -0.2) is 46.8 Å². The van der Waals surface area contributed by atoms with Gasteiger partial charge < -0.3 is 21.5 Å². The summed E-state index contributed by atoms with van der Waals surface area (Å²) in [4.78, 5) is 36.0. The molecule has 7 heteroatoms. The second-order valence-corrected chi connectivity index (χ2v) is 6.74. The zero-order valence-corrected chi connectivity index (χ0v) is 14.9. The molecule has 1 atom stereocenters. The Morgan fingerprint density at radius 3 is 2.54 bits per heavy atom. The molecule has 1 aliphatic rings. The number of rotatable bonds is 8. The number of amides is 2. The average molecular weight is 361 g/mol. The van der Waals surface area contributed by atoms with Crippen LogP contribution in [0.25, 0.3) is 0 Å². The highest BCUT2D eigenvalue weighted by atomic mass is 16.3. The Hall–Kier alpha value is -2.25. The molecule has 0 saturated carbocycles. The zero-order chi connectivity index (χ0) is 19.1.